The number of morpholine rings is 1. The summed E-state index contributed by atoms with van der Waals surface area (Å²) in [5.74, 6) is 1.52. The van der Waals surface area contributed by atoms with Crippen LogP contribution in [0.4, 0.5) is 0 Å². The molecule has 1 aliphatic heterocycles. The minimum atomic E-state index is -2.42. The molecule has 5 rings (SSSR count). The molecule has 0 spiro atoms. The molecule has 1 fully saturated rings. The summed E-state index contributed by atoms with van der Waals surface area (Å²) in [7, 11) is 1.29. The Hall–Kier alpha value is -3.36. The molecule has 1 N–H and O–H groups in total. The summed E-state index contributed by atoms with van der Waals surface area (Å²) in [5.41, 5.74) is 3.59. The zero-order valence-corrected chi connectivity index (χ0v) is 25.6. The number of methoxy groups -OCH3 is 2. The van der Waals surface area contributed by atoms with Gasteiger partial charge in [-0.3, -0.25) is 18.7 Å². The number of aromatic nitrogens is 3. The summed E-state index contributed by atoms with van der Waals surface area (Å²) in [4.78, 5) is 11.5. The van der Waals surface area contributed by atoms with Crippen LogP contribution in [0.3, 0.4) is 0 Å². The van der Waals surface area contributed by atoms with Gasteiger partial charge in [-0.2, -0.15) is 0 Å². The Bertz CT molecular complexity index is 1640. The molecule has 0 saturated carbocycles. The lowest BCUT2D eigenvalue weighted by Gasteiger charge is -2.26. The molecule has 224 valence electrons. The molecule has 2 unspecified atom stereocenters. The summed E-state index contributed by atoms with van der Waals surface area (Å²) in [6.45, 7) is 8.04. The maximum Gasteiger partial charge on any atom is 0.205 e. The molecule has 11 nitrogen and oxygen atoms in total. The maximum atomic E-state index is 14.1. The van der Waals surface area contributed by atoms with Crippen molar-refractivity contribution in [2.24, 2.45) is 0 Å². The minimum absolute atomic E-state index is 0.00373. The SMILES string of the molecule is COc1ccc2c(nc(S(=O)Cc3ncc(C)c(OC)c3C)n2-c2ccccc2OCCN2CCOCC2)c1S(=O)O. The van der Waals surface area contributed by atoms with E-state index in [0.717, 1.165) is 30.8 Å². The Morgan fingerprint density at radius 2 is 1.79 bits per heavy atom. The van der Waals surface area contributed by atoms with Gasteiger partial charge in [0.05, 0.1) is 60.9 Å². The van der Waals surface area contributed by atoms with E-state index in [0.29, 0.717) is 48.2 Å². The molecule has 1 saturated heterocycles. The zero-order chi connectivity index (χ0) is 29.8. The van der Waals surface area contributed by atoms with Crippen molar-refractivity contribution in [3.05, 3.63) is 59.4 Å². The minimum Gasteiger partial charge on any atom is -0.496 e. The first-order valence-electron chi connectivity index (χ1n) is 13.4. The highest BCUT2D eigenvalue weighted by Gasteiger charge is 2.26. The summed E-state index contributed by atoms with van der Waals surface area (Å²) in [5, 5.41) is 0.190. The first-order valence-corrected chi connectivity index (χ1v) is 15.9. The Kier molecular flexibility index (Phi) is 9.53. The Balaban J connectivity index is 1.60. The second-order valence-corrected chi connectivity index (χ2v) is 12.0. The van der Waals surface area contributed by atoms with E-state index < -0.39 is 21.9 Å². The Morgan fingerprint density at radius 3 is 2.50 bits per heavy atom. The maximum absolute atomic E-state index is 14.1. The second kappa shape index (κ2) is 13.3. The van der Waals surface area contributed by atoms with Crippen molar-refractivity contribution < 1.29 is 31.9 Å². The number of hydrogen-bond acceptors (Lipinski definition) is 9. The highest BCUT2D eigenvalue weighted by Crippen LogP contribution is 2.36. The van der Waals surface area contributed by atoms with Crippen molar-refractivity contribution in [2.75, 3.05) is 53.7 Å². The van der Waals surface area contributed by atoms with Crippen LogP contribution in [0.2, 0.25) is 0 Å². The van der Waals surface area contributed by atoms with Crippen LogP contribution in [0.5, 0.6) is 17.2 Å². The third kappa shape index (κ3) is 6.06. The van der Waals surface area contributed by atoms with Gasteiger partial charge in [-0.25, -0.2) is 9.19 Å². The Labute approximate surface area is 249 Å². The van der Waals surface area contributed by atoms with Crippen molar-refractivity contribution >= 4 is 32.9 Å². The predicted octanol–water partition coefficient (Wildman–Crippen LogP) is 3.65. The zero-order valence-electron chi connectivity index (χ0n) is 24.0. The van der Waals surface area contributed by atoms with Crippen LogP contribution in [0, 0.1) is 13.8 Å². The van der Waals surface area contributed by atoms with Crippen molar-refractivity contribution in [2.45, 2.75) is 29.7 Å². The molecule has 42 heavy (non-hydrogen) atoms. The molecule has 0 bridgehead atoms. The molecular formula is C29H34N4O7S2. The number of pyridine rings is 1. The van der Waals surface area contributed by atoms with E-state index in [4.69, 9.17) is 23.9 Å². The number of rotatable bonds is 11. The van der Waals surface area contributed by atoms with Gasteiger partial charge in [0.15, 0.2) is 11.1 Å². The number of benzene rings is 2. The van der Waals surface area contributed by atoms with E-state index in [9.17, 15) is 13.0 Å². The molecule has 2 aromatic carbocycles. The number of fused-ring (bicyclic) bond motifs is 1. The van der Waals surface area contributed by atoms with Gasteiger partial charge in [0, 0.05) is 37.0 Å². The van der Waals surface area contributed by atoms with Crippen LogP contribution in [0.1, 0.15) is 16.8 Å². The fraction of sp³-hybridized carbons (Fsp3) is 0.379. The molecular weight excluding hydrogens is 580 g/mol. The lowest BCUT2D eigenvalue weighted by Crippen LogP contribution is -2.38. The van der Waals surface area contributed by atoms with Crippen molar-refractivity contribution in [1.82, 2.24) is 19.4 Å². The van der Waals surface area contributed by atoms with Crippen LogP contribution < -0.4 is 14.2 Å². The van der Waals surface area contributed by atoms with Crippen LogP contribution in [0.15, 0.2) is 52.6 Å². The van der Waals surface area contributed by atoms with Gasteiger partial charge in [0.2, 0.25) is 5.16 Å². The first-order chi connectivity index (χ1) is 20.3. The van der Waals surface area contributed by atoms with E-state index in [1.807, 2.05) is 38.1 Å². The molecule has 4 aromatic rings. The fourth-order valence-electron chi connectivity index (χ4n) is 5.07. The molecule has 0 radical (unpaired) electrons. The smallest absolute Gasteiger partial charge is 0.205 e. The van der Waals surface area contributed by atoms with E-state index >= 15 is 0 Å². The second-order valence-electron chi connectivity index (χ2n) is 9.75. The third-order valence-corrected chi connectivity index (χ3v) is 9.16. The highest BCUT2D eigenvalue weighted by atomic mass is 32.2. The lowest BCUT2D eigenvalue weighted by atomic mass is 10.1. The van der Waals surface area contributed by atoms with Gasteiger partial charge in [0.25, 0.3) is 0 Å². The molecule has 13 heteroatoms. The molecule has 0 aliphatic carbocycles. The largest absolute Gasteiger partial charge is 0.496 e. The summed E-state index contributed by atoms with van der Waals surface area (Å²) in [6, 6.07) is 10.8. The van der Waals surface area contributed by atoms with E-state index in [1.165, 1.54) is 7.11 Å². The highest BCUT2D eigenvalue weighted by molar-refractivity contribution is 7.84. The molecule has 1 aliphatic rings. The van der Waals surface area contributed by atoms with Crippen LogP contribution in [-0.4, -0.2) is 86.1 Å². The van der Waals surface area contributed by atoms with Gasteiger partial charge in [0.1, 0.15) is 34.3 Å². The van der Waals surface area contributed by atoms with Gasteiger partial charge >= 0.3 is 0 Å². The van der Waals surface area contributed by atoms with Gasteiger partial charge in [-0.05, 0) is 38.1 Å². The van der Waals surface area contributed by atoms with Gasteiger partial charge in [-0.1, -0.05) is 12.1 Å². The quantitative estimate of drug-likeness (QED) is 0.250. The molecule has 2 aromatic heterocycles. The monoisotopic (exact) mass is 614 g/mol. The number of hydrogen-bond donors (Lipinski definition) is 1. The van der Waals surface area contributed by atoms with E-state index in [2.05, 4.69) is 9.88 Å². The van der Waals surface area contributed by atoms with Crippen molar-refractivity contribution in [1.29, 1.82) is 0 Å². The van der Waals surface area contributed by atoms with E-state index in [1.54, 1.807) is 30.0 Å². The number of imidazole rings is 1. The summed E-state index contributed by atoms with van der Waals surface area (Å²) < 4.78 is 61.1. The third-order valence-electron chi connectivity index (χ3n) is 7.20. The van der Waals surface area contributed by atoms with Crippen molar-refractivity contribution in [3.63, 3.8) is 0 Å². The molecule has 3 heterocycles. The topological polar surface area (TPSA) is 125 Å². The van der Waals surface area contributed by atoms with Crippen LogP contribution in [0.25, 0.3) is 16.7 Å². The standard InChI is InChI=1S/C29H34N4O7S2/c1-19-17-30-21(20(2)27(19)38-4)18-41(34)29-31-26-23(9-10-25(37-3)28(26)42(35)36)33(29)22-7-5-6-8-24(22)40-16-13-32-11-14-39-15-12-32/h5-10,17H,11-16,18H2,1-4H3,(H,35,36). The molecule has 0 amide bonds. The fourth-order valence-corrected chi connectivity index (χ4v) is 6.97. The number of ether oxygens (including phenoxy) is 4. The summed E-state index contributed by atoms with van der Waals surface area (Å²) >= 11 is -2.42. The van der Waals surface area contributed by atoms with Gasteiger partial charge in [-0.15, -0.1) is 0 Å². The predicted molar refractivity (Wildman–Crippen MR) is 160 cm³/mol. The number of aryl methyl sites for hydroxylation is 1. The van der Waals surface area contributed by atoms with Gasteiger partial charge < -0.3 is 23.5 Å². The summed E-state index contributed by atoms with van der Waals surface area (Å²) in [6.07, 6.45) is 1.69. The van der Waals surface area contributed by atoms with Crippen LogP contribution >= 0.6 is 0 Å². The number of para-hydroxylation sites is 2. The Morgan fingerprint density at radius 1 is 1.02 bits per heavy atom. The average Bonchev–Trinajstić information content (AvgIpc) is 3.38. The molecule has 2 atom stereocenters. The average molecular weight is 615 g/mol. The number of nitrogens with zero attached hydrogens (tertiary/aromatic N) is 4. The first kappa shape index (κ1) is 30.1. The van der Waals surface area contributed by atoms with Crippen molar-refractivity contribution in [3.8, 4) is 22.9 Å². The lowest BCUT2D eigenvalue weighted by molar-refractivity contribution is 0.0322. The van der Waals surface area contributed by atoms with Crippen LogP contribution in [-0.2, 0) is 32.4 Å². The normalized spacial score (nSPS) is 15.5. The van der Waals surface area contributed by atoms with E-state index in [-0.39, 0.29) is 27.1 Å².